The van der Waals surface area contributed by atoms with Crippen LogP contribution in [0.15, 0.2) is 52.9 Å². The lowest BCUT2D eigenvalue weighted by Crippen LogP contribution is -2.48. The van der Waals surface area contributed by atoms with Crippen molar-refractivity contribution in [2.24, 2.45) is 5.10 Å². The molecule has 5 heteroatoms. The highest BCUT2D eigenvalue weighted by Gasteiger charge is 2.43. The second-order valence-electron chi connectivity index (χ2n) is 6.59. The first kappa shape index (κ1) is 15.7. The summed E-state index contributed by atoms with van der Waals surface area (Å²) in [5, 5.41) is 8.69. The van der Waals surface area contributed by atoms with Gasteiger partial charge >= 0.3 is 0 Å². The zero-order chi connectivity index (χ0) is 16.6. The number of anilines is 1. The molecule has 0 spiro atoms. The van der Waals surface area contributed by atoms with Crippen LogP contribution in [0.3, 0.4) is 0 Å². The van der Waals surface area contributed by atoms with Gasteiger partial charge in [-0.25, -0.2) is 5.01 Å². The van der Waals surface area contributed by atoms with Crippen LogP contribution in [0.5, 0.6) is 0 Å². The van der Waals surface area contributed by atoms with Crippen LogP contribution in [0.25, 0.3) is 0 Å². The lowest BCUT2D eigenvalue weighted by atomic mass is 10.0. The SMILES string of the molecule is CC(=O)C1=NN(c2ccccc2)[C@@H](c2cccs2)N1C(C)(C)C. The molecule has 0 N–H and O–H groups in total. The standard InChI is InChI=1S/C18H21N3OS/c1-13(22)16-19-21(14-9-6-5-7-10-14)17(15-11-8-12-23-15)20(16)18(2,3)4/h5-12,17H,1-4H3/t17-/m0/s1. The van der Waals surface area contributed by atoms with Crippen molar-refractivity contribution in [2.75, 3.05) is 5.01 Å². The van der Waals surface area contributed by atoms with Gasteiger partial charge in [0.15, 0.2) is 17.8 Å². The van der Waals surface area contributed by atoms with Gasteiger partial charge in [0.05, 0.1) is 5.69 Å². The van der Waals surface area contributed by atoms with Gasteiger partial charge in [0.2, 0.25) is 0 Å². The maximum Gasteiger partial charge on any atom is 0.196 e. The third-order valence-corrected chi connectivity index (χ3v) is 4.68. The van der Waals surface area contributed by atoms with Gasteiger partial charge in [0, 0.05) is 17.3 Å². The van der Waals surface area contributed by atoms with Crippen LogP contribution < -0.4 is 5.01 Å². The molecule has 0 bridgehead atoms. The van der Waals surface area contributed by atoms with Crippen molar-refractivity contribution in [3.8, 4) is 0 Å². The fourth-order valence-corrected chi connectivity index (χ4v) is 3.62. The van der Waals surface area contributed by atoms with Gasteiger partial charge < -0.3 is 4.90 Å². The van der Waals surface area contributed by atoms with Crippen LogP contribution >= 0.6 is 11.3 Å². The molecule has 4 nitrogen and oxygen atoms in total. The average Bonchev–Trinajstić information content (AvgIpc) is 3.14. The molecule has 1 aliphatic rings. The first-order valence-corrected chi connectivity index (χ1v) is 8.54. The molecule has 0 radical (unpaired) electrons. The van der Waals surface area contributed by atoms with Crippen molar-refractivity contribution >= 4 is 28.6 Å². The second kappa shape index (κ2) is 5.81. The normalized spacial score (nSPS) is 18.3. The number of thiophene rings is 1. The third kappa shape index (κ3) is 2.88. The summed E-state index contributed by atoms with van der Waals surface area (Å²) in [4.78, 5) is 15.5. The summed E-state index contributed by atoms with van der Waals surface area (Å²) in [7, 11) is 0. The predicted octanol–water partition coefficient (Wildman–Crippen LogP) is 4.27. The van der Waals surface area contributed by atoms with Gasteiger partial charge in [-0.15, -0.1) is 16.4 Å². The summed E-state index contributed by atoms with van der Waals surface area (Å²) < 4.78 is 0. The highest BCUT2D eigenvalue weighted by molar-refractivity contribution is 7.10. The Morgan fingerprint density at radius 3 is 2.35 bits per heavy atom. The van der Waals surface area contributed by atoms with Gasteiger partial charge in [-0.2, -0.15) is 0 Å². The second-order valence-corrected chi connectivity index (χ2v) is 7.57. The highest BCUT2D eigenvalue weighted by atomic mass is 32.1. The molecule has 1 aromatic heterocycles. The van der Waals surface area contributed by atoms with Crippen molar-refractivity contribution in [3.63, 3.8) is 0 Å². The largest absolute Gasteiger partial charge is 0.321 e. The Bertz CT molecular complexity index is 716. The Hall–Kier alpha value is -2.14. The van der Waals surface area contributed by atoms with E-state index >= 15 is 0 Å². The lowest BCUT2D eigenvalue weighted by molar-refractivity contribution is -0.112. The van der Waals surface area contributed by atoms with Gasteiger partial charge in [-0.1, -0.05) is 24.3 Å². The molecular weight excluding hydrogens is 306 g/mol. The van der Waals surface area contributed by atoms with E-state index in [9.17, 15) is 4.79 Å². The quantitative estimate of drug-likeness (QED) is 0.844. The van der Waals surface area contributed by atoms with Crippen molar-refractivity contribution < 1.29 is 4.79 Å². The third-order valence-electron chi connectivity index (χ3n) is 3.76. The highest BCUT2D eigenvalue weighted by Crippen LogP contribution is 2.41. The van der Waals surface area contributed by atoms with Crippen molar-refractivity contribution in [1.82, 2.24) is 4.90 Å². The number of nitrogens with zero attached hydrogens (tertiary/aromatic N) is 3. The van der Waals surface area contributed by atoms with Gasteiger partial charge in [0.25, 0.3) is 0 Å². The molecule has 23 heavy (non-hydrogen) atoms. The number of ketones is 1. The molecule has 2 aromatic rings. The molecular formula is C18H21N3OS. The van der Waals surface area contributed by atoms with Crippen LogP contribution in [0.2, 0.25) is 0 Å². The van der Waals surface area contributed by atoms with E-state index in [0.29, 0.717) is 5.84 Å². The van der Waals surface area contributed by atoms with Crippen molar-refractivity contribution in [1.29, 1.82) is 0 Å². The van der Waals surface area contributed by atoms with E-state index in [1.807, 2.05) is 41.4 Å². The number of carbonyl (C=O) groups excluding carboxylic acids is 1. The molecule has 120 valence electrons. The predicted molar refractivity (Wildman–Crippen MR) is 95.7 cm³/mol. The first-order chi connectivity index (χ1) is 10.9. The van der Waals surface area contributed by atoms with Crippen molar-refractivity contribution in [2.45, 2.75) is 39.4 Å². The number of rotatable bonds is 3. The molecule has 1 aliphatic heterocycles. The van der Waals surface area contributed by atoms with Crippen LogP contribution in [-0.2, 0) is 4.79 Å². The number of hydrogen-bond acceptors (Lipinski definition) is 5. The number of hydrazone groups is 1. The number of benzene rings is 1. The van der Waals surface area contributed by atoms with Gasteiger partial charge in [0.1, 0.15) is 0 Å². The Morgan fingerprint density at radius 1 is 1.13 bits per heavy atom. The molecule has 3 rings (SSSR count). The first-order valence-electron chi connectivity index (χ1n) is 7.66. The van der Waals surface area contributed by atoms with E-state index in [1.54, 1.807) is 18.3 Å². The summed E-state index contributed by atoms with van der Waals surface area (Å²) in [6.45, 7) is 7.92. The topological polar surface area (TPSA) is 35.9 Å². The number of amidine groups is 1. The monoisotopic (exact) mass is 327 g/mol. The summed E-state index contributed by atoms with van der Waals surface area (Å²) in [6, 6.07) is 14.1. The molecule has 0 unspecified atom stereocenters. The molecule has 0 fully saturated rings. The maximum absolute atomic E-state index is 12.2. The Balaban J connectivity index is 2.15. The van der Waals surface area contributed by atoms with E-state index in [0.717, 1.165) is 5.69 Å². The molecule has 0 saturated heterocycles. The maximum atomic E-state index is 12.2. The Kier molecular flexibility index (Phi) is 3.98. The van der Waals surface area contributed by atoms with Gasteiger partial charge in [-0.05, 0) is 44.4 Å². The molecule has 0 aliphatic carbocycles. The molecule has 1 atom stereocenters. The van der Waals surface area contributed by atoms with E-state index in [2.05, 4.69) is 42.2 Å². The number of para-hydroxylation sites is 1. The minimum Gasteiger partial charge on any atom is -0.321 e. The zero-order valence-electron chi connectivity index (χ0n) is 13.9. The summed E-state index contributed by atoms with van der Waals surface area (Å²) in [6.07, 6.45) is -0.101. The molecule has 1 aromatic carbocycles. The smallest absolute Gasteiger partial charge is 0.196 e. The lowest BCUT2D eigenvalue weighted by Gasteiger charge is -2.40. The van der Waals surface area contributed by atoms with E-state index in [4.69, 9.17) is 0 Å². The number of Topliss-reactive ketones (excluding diaryl/α,β-unsaturated/α-hetero) is 1. The minimum atomic E-state index is -0.220. The van der Waals surface area contributed by atoms with E-state index in [-0.39, 0.29) is 17.5 Å². The summed E-state index contributed by atoms with van der Waals surface area (Å²) in [5.74, 6) is 0.500. The van der Waals surface area contributed by atoms with Crippen LogP contribution in [0.4, 0.5) is 5.69 Å². The molecule has 2 heterocycles. The van der Waals surface area contributed by atoms with Gasteiger partial charge in [-0.3, -0.25) is 4.79 Å². The van der Waals surface area contributed by atoms with Crippen molar-refractivity contribution in [3.05, 3.63) is 52.7 Å². The summed E-state index contributed by atoms with van der Waals surface area (Å²) in [5.41, 5.74) is 0.763. The Labute approximate surface area is 141 Å². The van der Waals surface area contributed by atoms with E-state index in [1.165, 1.54) is 4.88 Å². The summed E-state index contributed by atoms with van der Waals surface area (Å²) >= 11 is 1.68. The number of carbonyl (C=O) groups is 1. The number of hydrogen-bond donors (Lipinski definition) is 0. The molecule has 0 saturated carbocycles. The average molecular weight is 327 g/mol. The Morgan fingerprint density at radius 2 is 1.83 bits per heavy atom. The van der Waals surface area contributed by atoms with Crippen LogP contribution in [0, 0.1) is 0 Å². The van der Waals surface area contributed by atoms with Crippen LogP contribution in [-0.4, -0.2) is 22.1 Å². The zero-order valence-corrected chi connectivity index (χ0v) is 14.7. The van der Waals surface area contributed by atoms with Crippen LogP contribution in [0.1, 0.15) is 38.7 Å². The fourth-order valence-electron chi connectivity index (χ4n) is 2.82. The van der Waals surface area contributed by atoms with E-state index < -0.39 is 0 Å². The minimum absolute atomic E-state index is 0.0140. The molecule has 0 amide bonds. The fraction of sp³-hybridized carbons (Fsp3) is 0.333.